The van der Waals surface area contributed by atoms with Gasteiger partial charge in [0.25, 0.3) is 0 Å². The molecule has 0 radical (unpaired) electrons. The topological polar surface area (TPSA) is 87.7 Å². The molecule has 2 aromatic carbocycles. The van der Waals surface area contributed by atoms with Gasteiger partial charge in [0.15, 0.2) is 5.82 Å². The number of benzene rings is 2. The molecule has 0 spiro atoms. The van der Waals surface area contributed by atoms with Crippen molar-refractivity contribution in [3.8, 4) is 0 Å². The van der Waals surface area contributed by atoms with Crippen LogP contribution in [-0.2, 0) is 15.4 Å². The Morgan fingerprint density at radius 1 is 1.00 bits per heavy atom. The van der Waals surface area contributed by atoms with Crippen LogP contribution in [0.15, 0.2) is 47.4 Å². The molecular formula is C22H28N4O2S. The van der Waals surface area contributed by atoms with Crippen molar-refractivity contribution in [1.29, 1.82) is 0 Å². The van der Waals surface area contributed by atoms with Gasteiger partial charge in [-0.25, -0.2) is 13.4 Å². The van der Waals surface area contributed by atoms with Gasteiger partial charge in [-0.1, -0.05) is 63.2 Å². The number of nitrogens with one attached hydrogen (secondary N) is 2. The normalized spacial score (nSPS) is 13.4. The monoisotopic (exact) mass is 412 g/mol. The summed E-state index contributed by atoms with van der Waals surface area (Å²) in [4.78, 5) is 4.67. The Kier molecular flexibility index (Phi) is 5.65. The van der Waals surface area contributed by atoms with E-state index in [1.54, 1.807) is 6.92 Å². The minimum absolute atomic E-state index is 0.0612. The predicted molar refractivity (Wildman–Crippen MR) is 114 cm³/mol. The summed E-state index contributed by atoms with van der Waals surface area (Å²) in [6.45, 7) is 11.8. The molecule has 6 nitrogen and oxygen atoms in total. The van der Waals surface area contributed by atoms with Crippen LogP contribution in [0.1, 0.15) is 60.7 Å². The van der Waals surface area contributed by atoms with E-state index < -0.39 is 16.1 Å². The van der Waals surface area contributed by atoms with Crippen molar-refractivity contribution >= 4 is 10.0 Å². The van der Waals surface area contributed by atoms with Crippen molar-refractivity contribution < 1.29 is 8.42 Å². The van der Waals surface area contributed by atoms with E-state index in [1.807, 2.05) is 56.3 Å². The first-order valence-corrected chi connectivity index (χ1v) is 11.1. The number of nitrogens with zero attached hydrogens (tertiary/aromatic N) is 2. The molecule has 0 fully saturated rings. The summed E-state index contributed by atoms with van der Waals surface area (Å²) in [7, 11) is -3.81. The Morgan fingerprint density at radius 3 is 2.07 bits per heavy atom. The van der Waals surface area contributed by atoms with Crippen LogP contribution in [0.3, 0.4) is 0 Å². The van der Waals surface area contributed by atoms with Gasteiger partial charge in [0.05, 0.1) is 4.90 Å². The number of sulfonamides is 1. The number of aryl methyl sites for hydroxylation is 3. The zero-order valence-corrected chi connectivity index (χ0v) is 18.6. The molecule has 2 N–H and O–H groups in total. The van der Waals surface area contributed by atoms with Gasteiger partial charge in [-0.3, -0.25) is 5.10 Å². The van der Waals surface area contributed by atoms with Gasteiger partial charge < -0.3 is 0 Å². The zero-order valence-electron chi connectivity index (χ0n) is 17.7. The van der Waals surface area contributed by atoms with Crippen LogP contribution in [0.4, 0.5) is 0 Å². The van der Waals surface area contributed by atoms with Crippen LogP contribution in [0.25, 0.3) is 0 Å². The summed E-state index contributed by atoms with van der Waals surface area (Å²) in [6.07, 6.45) is 0. The lowest BCUT2D eigenvalue weighted by Crippen LogP contribution is -2.31. The summed E-state index contributed by atoms with van der Waals surface area (Å²) < 4.78 is 29.7. The molecule has 3 rings (SSSR count). The second-order valence-corrected chi connectivity index (χ2v) is 10.1. The number of aromatic amines is 1. The molecule has 1 heterocycles. The molecule has 1 atom stereocenters. The summed E-state index contributed by atoms with van der Waals surface area (Å²) in [5, 5.41) is 6.99. The lowest BCUT2D eigenvalue weighted by Gasteiger charge is -2.23. The van der Waals surface area contributed by atoms with Crippen LogP contribution in [0.2, 0.25) is 0 Å². The van der Waals surface area contributed by atoms with E-state index >= 15 is 0 Å². The number of hydrogen-bond acceptors (Lipinski definition) is 4. The van der Waals surface area contributed by atoms with E-state index in [0.717, 1.165) is 22.3 Å². The molecule has 0 aliphatic carbocycles. The minimum Gasteiger partial charge on any atom is -0.263 e. The number of aromatic nitrogens is 3. The highest BCUT2D eigenvalue weighted by atomic mass is 32.2. The maximum absolute atomic E-state index is 13.4. The van der Waals surface area contributed by atoms with Crippen LogP contribution >= 0.6 is 0 Å². The maximum atomic E-state index is 13.4. The molecule has 0 unspecified atom stereocenters. The van der Waals surface area contributed by atoms with Gasteiger partial charge in [-0.2, -0.15) is 9.82 Å². The molecule has 0 amide bonds. The van der Waals surface area contributed by atoms with Gasteiger partial charge >= 0.3 is 0 Å². The van der Waals surface area contributed by atoms with Gasteiger partial charge in [0.1, 0.15) is 11.9 Å². The highest BCUT2D eigenvalue weighted by Crippen LogP contribution is 2.30. The molecule has 1 aromatic heterocycles. The predicted octanol–water partition coefficient (Wildman–Crippen LogP) is 4.10. The maximum Gasteiger partial charge on any atom is 0.242 e. The molecular weight excluding hydrogens is 384 g/mol. The van der Waals surface area contributed by atoms with Crippen molar-refractivity contribution in [1.82, 2.24) is 19.9 Å². The highest BCUT2D eigenvalue weighted by Gasteiger charge is 2.29. The Morgan fingerprint density at radius 2 is 1.59 bits per heavy atom. The quantitative estimate of drug-likeness (QED) is 0.660. The van der Waals surface area contributed by atoms with E-state index in [-0.39, 0.29) is 5.41 Å². The largest absolute Gasteiger partial charge is 0.263 e. The summed E-state index contributed by atoms with van der Waals surface area (Å²) >= 11 is 0. The van der Waals surface area contributed by atoms with Crippen molar-refractivity contribution in [3.05, 3.63) is 76.4 Å². The molecule has 0 saturated heterocycles. The third kappa shape index (κ3) is 4.57. The van der Waals surface area contributed by atoms with E-state index in [0.29, 0.717) is 16.5 Å². The Labute approximate surface area is 172 Å². The van der Waals surface area contributed by atoms with Gasteiger partial charge in [-0.05, 0) is 48.4 Å². The number of rotatable bonds is 5. The lowest BCUT2D eigenvalue weighted by molar-refractivity contribution is 0.564. The average Bonchev–Trinajstić information content (AvgIpc) is 3.05. The molecule has 0 aliphatic heterocycles. The Hall–Kier alpha value is -2.51. The standard InChI is InChI=1S/C22H28N4O2S/c1-14-12-18(22(4,5)6)13-15(2)20(14)29(27,28)26-19(17-10-8-7-9-11-17)21-23-16(3)24-25-21/h7-13,19,26H,1-6H3,(H,23,24,25)/t19-/m0/s1. The van der Waals surface area contributed by atoms with Crippen LogP contribution in [0, 0.1) is 20.8 Å². The van der Waals surface area contributed by atoms with Gasteiger partial charge in [-0.15, -0.1) is 0 Å². The van der Waals surface area contributed by atoms with Gasteiger partial charge in [0, 0.05) is 0 Å². The average molecular weight is 413 g/mol. The fraction of sp³-hybridized carbons (Fsp3) is 0.364. The van der Waals surface area contributed by atoms with Gasteiger partial charge in [0.2, 0.25) is 10.0 Å². The van der Waals surface area contributed by atoms with E-state index in [4.69, 9.17) is 0 Å². The van der Waals surface area contributed by atoms with Crippen molar-refractivity contribution in [3.63, 3.8) is 0 Å². The van der Waals surface area contributed by atoms with E-state index in [1.165, 1.54) is 0 Å². The number of H-pyrrole nitrogens is 1. The van der Waals surface area contributed by atoms with E-state index in [9.17, 15) is 8.42 Å². The second-order valence-electron chi connectivity index (χ2n) is 8.43. The van der Waals surface area contributed by atoms with E-state index in [2.05, 4.69) is 40.7 Å². The fourth-order valence-corrected chi connectivity index (χ4v) is 5.06. The summed E-state index contributed by atoms with van der Waals surface area (Å²) in [5.74, 6) is 1.01. The highest BCUT2D eigenvalue weighted by molar-refractivity contribution is 7.89. The lowest BCUT2D eigenvalue weighted by atomic mass is 9.85. The number of hydrogen-bond donors (Lipinski definition) is 2. The third-order valence-electron chi connectivity index (χ3n) is 4.87. The first-order valence-electron chi connectivity index (χ1n) is 9.57. The first-order chi connectivity index (χ1) is 13.5. The molecule has 0 bridgehead atoms. The SMILES string of the molecule is Cc1nc([C@@H](NS(=O)(=O)c2c(C)cc(C(C)(C)C)cc2C)c2ccccc2)n[nH]1. The zero-order chi connectivity index (χ0) is 21.4. The second kappa shape index (κ2) is 7.72. The van der Waals surface area contributed by atoms with Crippen LogP contribution in [-0.4, -0.2) is 23.6 Å². The first kappa shape index (κ1) is 21.2. The van der Waals surface area contributed by atoms with Crippen LogP contribution in [0.5, 0.6) is 0 Å². The van der Waals surface area contributed by atoms with Crippen LogP contribution < -0.4 is 4.72 Å². The molecule has 0 saturated carbocycles. The van der Waals surface area contributed by atoms with Crippen molar-refractivity contribution in [2.75, 3.05) is 0 Å². The summed E-state index contributed by atoms with van der Waals surface area (Å²) in [6, 6.07) is 12.6. The summed E-state index contributed by atoms with van der Waals surface area (Å²) in [5.41, 5.74) is 3.27. The Bertz CT molecular complexity index is 1090. The third-order valence-corrected chi connectivity index (χ3v) is 6.60. The molecule has 0 aliphatic rings. The molecule has 154 valence electrons. The smallest absolute Gasteiger partial charge is 0.242 e. The fourth-order valence-electron chi connectivity index (χ4n) is 3.43. The molecule has 29 heavy (non-hydrogen) atoms. The molecule has 7 heteroatoms. The van der Waals surface area contributed by atoms with Crippen molar-refractivity contribution in [2.45, 2.75) is 57.9 Å². The Balaban J connectivity index is 2.06. The van der Waals surface area contributed by atoms with Crippen molar-refractivity contribution in [2.24, 2.45) is 0 Å². The minimum atomic E-state index is -3.81. The molecule has 3 aromatic rings.